The zero-order chi connectivity index (χ0) is 18.1. The van der Waals surface area contributed by atoms with Crippen molar-refractivity contribution in [2.45, 2.75) is 45.4 Å². The Morgan fingerprint density at radius 1 is 1.15 bits per heavy atom. The van der Waals surface area contributed by atoms with Crippen LogP contribution < -0.4 is 0 Å². The normalized spacial score (nSPS) is 21.3. The largest absolute Gasteiger partial charge is 0.391 e. The van der Waals surface area contributed by atoms with E-state index in [2.05, 4.69) is 72.5 Å². The van der Waals surface area contributed by atoms with Crippen LogP contribution in [0.25, 0.3) is 10.8 Å². The first-order chi connectivity index (χ1) is 12.6. The number of aromatic nitrogens is 2. The van der Waals surface area contributed by atoms with Gasteiger partial charge in [-0.2, -0.15) is 5.10 Å². The molecule has 1 fully saturated rings. The van der Waals surface area contributed by atoms with Crippen LogP contribution in [0.2, 0.25) is 0 Å². The summed E-state index contributed by atoms with van der Waals surface area (Å²) >= 11 is 0. The highest BCUT2D eigenvalue weighted by atomic mass is 16.3. The summed E-state index contributed by atoms with van der Waals surface area (Å²) in [5, 5.41) is 17.8. The second-order valence-corrected chi connectivity index (χ2v) is 7.40. The lowest BCUT2D eigenvalue weighted by molar-refractivity contribution is 0.0476. The highest BCUT2D eigenvalue weighted by molar-refractivity contribution is 5.83. The predicted octanol–water partition coefficient (Wildman–Crippen LogP) is 3.72. The Labute approximate surface area is 155 Å². The van der Waals surface area contributed by atoms with E-state index in [1.807, 2.05) is 4.68 Å². The third-order valence-corrected chi connectivity index (χ3v) is 5.63. The van der Waals surface area contributed by atoms with E-state index in [0.29, 0.717) is 6.54 Å². The van der Waals surface area contributed by atoms with Crippen molar-refractivity contribution < 1.29 is 5.11 Å². The van der Waals surface area contributed by atoms with Gasteiger partial charge in [-0.1, -0.05) is 42.5 Å². The van der Waals surface area contributed by atoms with Crippen LogP contribution in [0.3, 0.4) is 0 Å². The minimum absolute atomic E-state index is 0.218. The average Bonchev–Trinajstić information content (AvgIpc) is 3.01. The zero-order valence-electron chi connectivity index (χ0n) is 15.6. The van der Waals surface area contributed by atoms with E-state index >= 15 is 0 Å². The van der Waals surface area contributed by atoms with Crippen molar-refractivity contribution in [3.8, 4) is 0 Å². The van der Waals surface area contributed by atoms with Gasteiger partial charge in [0.05, 0.1) is 11.8 Å². The number of benzene rings is 2. The Kier molecular flexibility index (Phi) is 4.79. The topological polar surface area (TPSA) is 41.3 Å². The molecule has 0 amide bonds. The molecule has 136 valence electrons. The molecule has 1 saturated heterocycles. The number of aliphatic hydroxyl groups excluding tert-OH is 1. The first-order valence-corrected chi connectivity index (χ1v) is 9.56. The van der Waals surface area contributed by atoms with Crippen LogP contribution in [0.5, 0.6) is 0 Å². The zero-order valence-corrected chi connectivity index (χ0v) is 15.6. The lowest BCUT2D eigenvalue weighted by Gasteiger charge is -2.36. The number of hydrogen-bond acceptors (Lipinski definition) is 3. The lowest BCUT2D eigenvalue weighted by Crippen LogP contribution is -2.42. The van der Waals surface area contributed by atoms with Gasteiger partial charge in [-0.3, -0.25) is 9.58 Å². The summed E-state index contributed by atoms with van der Waals surface area (Å²) in [5.74, 6) is 0.218. The third-order valence-electron chi connectivity index (χ3n) is 5.63. The van der Waals surface area contributed by atoms with E-state index in [0.717, 1.165) is 31.7 Å². The maximum absolute atomic E-state index is 10.8. The van der Waals surface area contributed by atoms with Gasteiger partial charge >= 0.3 is 0 Å². The minimum atomic E-state index is -0.327. The maximum atomic E-state index is 10.8. The Bertz CT molecular complexity index is 901. The molecule has 26 heavy (non-hydrogen) atoms. The molecule has 0 aliphatic carbocycles. The third kappa shape index (κ3) is 3.39. The van der Waals surface area contributed by atoms with Gasteiger partial charge in [0.25, 0.3) is 0 Å². The molecule has 1 aliphatic rings. The van der Waals surface area contributed by atoms with Crippen LogP contribution in [-0.4, -0.2) is 39.0 Å². The number of aliphatic hydroxyl groups is 1. The summed E-state index contributed by atoms with van der Waals surface area (Å²) in [7, 11) is 0. The maximum Gasteiger partial charge on any atom is 0.0736 e. The van der Waals surface area contributed by atoms with Crippen LogP contribution >= 0.6 is 0 Å². The van der Waals surface area contributed by atoms with E-state index < -0.39 is 0 Å². The first kappa shape index (κ1) is 17.3. The van der Waals surface area contributed by atoms with Crippen LogP contribution in [-0.2, 0) is 13.1 Å². The molecule has 0 unspecified atom stereocenters. The van der Waals surface area contributed by atoms with Gasteiger partial charge in [-0.25, -0.2) is 0 Å². The molecular formula is C22H27N3O. The second-order valence-electron chi connectivity index (χ2n) is 7.40. The minimum Gasteiger partial charge on any atom is -0.391 e. The van der Waals surface area contributed by atoms with Gasteiger partial charge in [-0.15, -0.1) is 0 Å². The van der Waals surface area contributed by atoms with Crippen LogP contribution in [0.4, 0.5) is 0 Å². The van der Waals surface area contributed by atoms with E-state index in [1.54, 1.807) is 0 Å². The summed E-state index contributed by atoms with van der Waals surface area (Å²) in [6, 6.07) is 15.0. The van der Waals surface area contributed by atoms with Crippen molar-refractivity contribution in [1.29, 1.82) is 0 Å². The van der Waals surface area contributed by atoms with E-state index in [9.17, 15) is 5.11 Å². The molecule has 3 aromatic rings. The van der Waals surface area contributed by atoms with Crippen LogP contribution in [0.15, 0.2) is 48.7 Å². The number of hydrogen-bond donors (Lipinski definition) is 1. The number of aryl methyl sites for hydroxylation is 2. The Hall–Kier alpha value is -2.17. The molecule has 0 spiro atoms. The van der Waals surface area contributed by atoms with Crippen molar-refractivity contribution in [2.75, 3.05) is 13.1 Å². The van der Waals surface area contributed by atoms with Gasteiger partial charge in [0, 0.05) is 37.3 Å². The summed E-state index contributed by atoms with van der Waals surface area (Å²) < 4.78 is 1.99. The summed E-state index contributed by atoms with van der Waals surface area (Å²) in [6.07, 6.45) is 2.80. The smallest absolute Gasteiger partial charge is 0.0736 e. The molecule has 2 aromatic carbocycles. The average molecular weight is 349 g/mol. The summed E-state index contributed by atoms with van der Waals surface area (Å²) in [6.45, 7) is 7.66. The second kappa shape index (κ2) is 7.22. The van der Waals surface area contributed by atoms with E-state index in [1.165, 1.54) is 21.9 Å². The Morgan fingerprint density at radius 3 is 2.69 bits per heavy atom. The lowest BCUT2D eigenvalue weighted by atomic mass is 9.86. The van der Waals surface area contributed by atoms with Crippen molar-refractivity contribution in [2.24, 2.45) is 0 Å². The summed E-state index contributed by atoms with van der Waals surface area (Å²) in [5.41, 5.74) is 3.62. The first-order valence-electron chi connectivity index (χ1n) is 9.56. The van der Waals surface area contributed by atoms with Gasteiger partial charge in [0.2, 0.25) is 0 Å². The molecule has 4 heteroatoms. The molecule has 2 atom stereocenters. The van der Waals surface area contributed by atoms with Crippen molar-refractivity contribution in [1.82, 2.24) is 14.7 Å². The molecule has 1 N–H and O–H groups in total. The van der Waals surface area contributed by atoms with Gasteiger partial charge in [0.1, 0.15) is 0 Å². The fraction of sp³-hybridized carbons (Fsp3) is 0.409. The SMILES string of the molecule is CCn1cc(CN2CC[C@H](c3ccc4ccccc4c3)[C@@H](O)C2)c(C)n1. The van der Waals surface area contributed by atoms with Crippen molar-refractivity contribution >= 4 is 10.8 Å². The van der Waals surface area contributed by atoms with Crippen molar-refractivity contribution in [3.05, 3.63) is 65.5 Å². The fourth-order valence-electron chi connectivity index (χ4n) is 4.09. The molecule has 0 bridgehead atoms. The van der Waals surface area contributed by atoms with Gasteiger partial charge in [0.15, 0.2) is 0 Å². The van der Waals surface area contributed by atoms with Crippen LogP contribution in [0.1, 0.15) is 36.1 Å². The quantitative estimate of drug-likeness (QED) is 0.780. The molecule has 1 aromatic heterocycles. The number of piperidine rings is 1. The number of rotatable bonds is 4. The van der Waals surface area contributed by atoms with Crippen molar-refractivity contribution in [3.63, 3.8) is 0 Å². The molecule has 0 radical (unpaired) electrons. The van der Waals surface area contributed by atoms with Crippen LogP contribution in [0, 0.1) is 6.92 Å². The molecule has 4 rings (SSSR count). The molecule has 0 saturated carbocycles. The Balaban J connectivity index is 1.46. The summed E-state index contributed by atoms with van der Waals surface area (Å²) in [4.78, 5) is 2.35. The predicted molar refractivity (Wildman–Crippen MR) is 105 cm³/mol. The number of likely N-dealkylation sites (tertiary alicyclic amines) is 1. The molecular weight excluding hydrogens is 322 g/mol. The number of β-amino-alcohol motifs (C(OH)–C–C–N with tert-alkyl or cyclic N) is 1. The molecule has 1 aliphatic heterocycles. The van der Waals surface area contributed by atoms with Gasteiger partial charge in [-0.05, 0) is 43.1 Å². The monoisotopic (exact) mass is 349 g/mol. The molecule has 2 heterocycles. The highest BCUT2D eigenvalue weighted by Crippen LogP contribution is 2.31. The van der Waals surface area contributed by atoms with Gasteiger partial charge < -0.3 is 5.11 Å². The standard InChI is InChI=1S/C22H27N3O/c1-3-25-14-20(16(2)23-25)13-24-11-10-21(22(26)15-24)19-9-8-17-6-4-5-7-18(17)12-19/h4-9,12,14,21-22,26H,3,10-11,13,15H2,1-2H3/t21-,22+/m1/s1. The fourth-order valence-corrected chi connectivity index (χ4v) is 4.09. The Morgan fingerprint density at radius 2 is 1.96 bits per heavy atom. The number of nitrogens with zero attached hydrogens (tertiary/aromatic N) is 3. The van der Waals surface area contributed by atoms with E-state index in [4.69, 9.17) is 0 Å². The molecule has 4 nitrogen and oxygen atoms in total. The van der Waals surface area contributed by atoms with E-state index in [-0.39, 0.29) is 12.0 Å². The highest BCUT2D eigenvalue weighted by Gasteiger charge is 2.29. The number of fused-ring (bicyclic) bond motifs is 1.